The Morgan fingerprint density at radius 3 is 2.32 bits per heavy atom. The molecule has 0 aliphatic heterocycles. The van der Waals surface area contributed by atoms with Crippen molar-refractivity contribution in [3.63, 3.8) is 0 Å². The van der Waals surface area contributed by atoms with Crippen LogP contribution in [-0.4, -0.2) is 0 Å². The smallest absolute Gasteiger partial charge is 0.0662 e. The first-order valence-electron chi connectivity index (χ1n) is 6.22. The van der Waals surface area contributed by atoms with Gasteiger partial charge in [-0.25, -0.2) is 0 Å². The van der Waals surface area contributed by atoms with Crippen molar-refractivity contribution >= 4 is 42.6 Å². The summed E-state index contributed by atoms with van der Waals surface area (Å²) >= 11 is 7.57. The number of halogens is 2. The van der Waals surface area contributed by atoms with Crippen molar-refractivity contribution in [3.05, 3.63) is 70.2 Å². The van der Waals surface area contributed by atoms with Crippen LogP contribution in [0.5, 0.6) is 0 Å². The Balaban J connectivity index is 2.18. The highest BCUT2D eigenvalue weighted by Crippen LogP contribution is 2.51. The molecule has 1 unspecified atom stereocenters. The molecule has 0 N–H and O–H groups in total. The van der Waals surface area contributed by atoms with E-state index in [0.717, 1.165) is 0 Å². The third-order valence-electron chi connectivity index (χ3n) is 3.81. The molecule has 0 nitrogen and oxygen atoms in total. The molecule has 0 heterocycles. The van der Waals surface area contributed by atoms with E-state index in [1.807, 2.05) is 0 Å². The second kappa shape index (κ2) is 4.19. The van der Waals surface area contributed by atoms with Gasteiger partial charge in [0, 0.05) is 4.47 Å². The molecule has 0 amide bonds. The van der Waals surface area contributed by atoms with Gasteiger partial charge in [-0.2, -0.15) is 0 Å². The third kappa shape index (κ3) is 1.56. The number of hydrogen-bond acceptors (Lipinski definition) is 0. The summed E-state index contributed by atoms with van der Waals surface area (Å²) in [5.74, 6) is 0. The second-order valence-electron chi connectivity index (χ2n) is 4.82. The Labute approximate surface area is 128 Å². The number of hydrogen-bond donors (Lipinski definition) is 0. The maximum absolute atomic E-state index is 3.87. The Kier molecular flexibility index (Phi) is 2.58. The largest absolute Gasteiger partial charge is 0.0786 e. The molecule has 0 fully saturated rings. The van der Waals surface area contributed by atoms with Crippen LogP contribution in [0.25, 0.3) is 21.9 Å². The number of fused-ring (bicyclic) bond motifs is 5. The van der Waals surface area contributed by atoms with E-state index in [1.54, 1.807) is 0 Å². The topological polar surface area (TPSA) is 0 Å². The molecule has 3 aromatic rings. The highest BCUT2D eigenvalue weighted by molar-refractivity contribution is 9.10. The van der Waals surface area contributed by atoms with Gasteiger partial charge in [0.25, 0.3) is 0 Å². The van der Waals surface area contributed by atoms with Crippen molar-refractivity contribution in [2.75, 3.05) is 0 Å². The molecule has 2 heteroatoms. The van der Waals surface area contributed by atoms with Gasteiger partial charge in [0.05, 0.1) is 4.83 Å². The molecule has 0 saturated carbocycles. The Hall–Kier alpha value is -1.12. The van der Waals surface area contributed by atoms with Gasteiger partial charge >= 0.3 is 0 Å². The van der Waals surface area contributed by atoms with Crippen LogP contribution < -0.4 is 0 Å². The van der Waals surface area contributed by atoms with E-state index < -0.39 is 0 Å². The lowest BCUT2D eigenvalue weighted by Crippen LogP contribution is -1.88. The SMILES string of the molecule is Brc1cc2c(c3ccccc13)C(Br)c1ccccc1-2. The zero-order valence-corrected chi connectivity index (χ0v) is 13.2. The van der Waals surface area contributed by atoms with Crippen molar-refractivity contribution in [2.45, 2.75) is 4.83 Å². The van der Waals surface area contributed by atoms with Gasteiger partial charge in [-0.3, -0.25) is 0 Å². The molecule has 1 aliphatic carbocycles. The van der Waals surface area contributed by atoms with Crippen LogP contribution in [0, 0.1) is 0 Å². The molecule has 3 aromatic carbocycles. The average Bonchev–Trinajstić information content (AvgIpc) is 2.73. The predicted molar refractivity (Wildman–Crippen MR) is 87.9 cm³/mol. The quantitative estimate of drug-likeness (QED) is 0.419. The fourth-order valence-electron chi connectivity index (χ4n) is 2.97. The van der Waals surface area contributed by atoms with Gasteiger partial charge in [0.2, 0.25) is 0 Å². The van der Waals surface area contributed by atoms with Gasteiger partial charge in [-0.05, 0) is 39.1 Å². The first-order valence-corrected chi connectivity index (χ1v) is 7.93. The van der Waals surface area contributed by atoms with E-state index >= 15 is 0 Å². The minimum atomic E-state index is 0.289. The monoisotopic (exact) mass is 372 g/mol. The van der Waals surface area contributed by atoms with Gasteiger partial charge in [0.1, 0.15) is 0 Å². The molecule has 4 rings (SSSR count). The molecular formula is C17H10Br2. The van der Waals surface area contributed by atoms with E-state index in [4.69, 9.17) is 0 Å². The second-order valence-corrected chi connectivity index (χ2v) is 6.59. The number of rotatable bonds is 0. The number of benzene rings is 3. The van der Waals surface area contributed by atoms with Crippen LogP contribution in [0.15, 0.2) is 59.1 Å². The normalized spacial score (nSPS) is 16.4. The number of alkyl halides is 1. The Morgan fingerprint density at radius 2 is 1.47 bits per heavy atom. The van der Waals surface area contributed by atoms with Crippen LogP contribution in [0.2, 0.25) is 0 Å². The molecule has 19 heavy (non-hydrogen) atoms. The summed E-state index contributed by atoms with van der Waals surface area (Å²) in [5.41, 5.74) is 5.43. The van der Waals surface area contributed by atoms with E-state index in [2.05, 4.69) is 86.5 Å². The fraction of sp³-hybridized carbons (Fsp3) is 0.0588. The van der Waals surface area contributed by atoms with Crippen molar-refractivity contribution in [2.24, 2.45) is 0 Å². The summed E-state index contributed by atoms with van der Waals surface area (Å²) in [5, 5.41) is 2.60. The van der Waals surface area contributed by atoms with Crippen LogP contribution in [-0.2, 0) is 0 Å². The molecular weight excluding hydrogens is 364 g/mol. The lowest BCUT2D eigenvalue weighted by Gasteiger charge is -2.10. The van der Waals surface area contributed by atoms with Gasteiger partial charge in [0.15, 0.2) is 0 Å². The van der Waals surface area contributed by atoms with E-state index in [1.165, 1.54) is 37.5 Å². The third-order valence-corrected chi connectivity index (χ3v) is 5.42. The van der Waals surface area contributed by atoms with Crippen LogP contribution in [0.4, 0.5) is 0 Å². The first kappa shape index (κ1) is 11.7. The standard InChI is InChI=1S/C17H10Br2/c18-15-9-14-10-5-1-4-8-13(10)17(19)16(14)12-7-3-2-6-11(12)15/h1-9,17H. The van der Waals surface area contributed by atoms with Crippen LogP contribution in [0.3, 0.4) is 0 Å². The minimum absolute atomic E-state index is 0.289. The summed E-state index contributed by atoms with van der Waals surface area (Å²) < 4.78 is 1.17. The molecule has 0 aromatic heterocycles. The van der Waals surface area contributed by atoms with Crippen molar-refractivity contribution in [1.29, 1.82) is 0 Å². The summed E-state index contributed by atoms with van der Waals surface area (Å²) in [6.45, 7) is 0. The van der Waals surface area contributed by atoms with Crippen molar-refractivity contribution in [3.8, 4) is 11.1 Å². The lowest BCUT2D eigenvalue weighted by atomic mass is 9.99. The van der Waals surface area contributed by atoms with Gasteiger partial charge in [-0.1, -0.05) is 80.4 Å². The highest BCUT2D eigenvalue weighted by atomic mass is 79.9. The molecule has 0 saturated heterocycles. The fourth-order valence-corrected chi connectivity index (χ4v) is 4.44. The highest BCUT2D eigenvalue weighted by Gasteiger charge is 2.28. The van der Waals surface area contributed by atoms with Gasteiger partial charge in [-0.15, -0.1) is 0 Å². The summed E-state index contributed by atoms with van der Waals surface area (Å²) in [7, 11) is 0. The van der Waals surface area contributed by atoms with E-state index in [9.17, 15) is 0 Å². The molecule has 0 spiro atoms. The first-order chi connectivity index (χ1) is 9.27. The molecule has 1 aliphatic rings. The lowest BCUT2D eigenvalue weighted by molar-refractivity contribution is 1.27. The maximum Gasteiger partial charge on any atom is 0.0662 e. The minimum Gasteiger partial charge on any atom is -0.0786 e. The van der Waals surface area contributed by atoms with E-state index in [-0.39, 0.29) is 4.83 Å². The molecule has 92 valence electrons. The van der Waals surface area contributed by atoms with Crippen LogP contribution >= 0.6 is 31.9 Å². The Bertz CT molecular complexity index is 805. The van der Waals surface area contributed by atoms with Crippen LogP contribution in [0.1, 0.15) is 16.0 Å². The molecule has 0 radical (unpaired) electrons. The molecule has 0 bridgehead atoms. The Morgan fingerprint density at radius 1 is 0.789 bits per heavy atom. The van der Waals surface area contributed by atoms with E-state index in [0.29, 0.717) is 0 Å². The average molecular weight is 374 g/mol. The summed E-state index contributed by atoms with van der Waals surface area (Å²) in [6.07, 6.45) is 0. The zero-order valence-electron chi connectivity index (χ0n) is 10.0. The van der Waals surface area contributed by atoms with Gasteiger partial charge < -0.3 is 0 Å². The summed E-state index contributed by atoms with van der Waals surface area (Å²) in [6, 6.07) is 19.4. The maximum atomic E-state index is 3.87. The van der Waals surface area contributed by atoms with Crippen molar-refractivity contribution in [1.82, 2.24) is 0 Å². The zero-order chi connectivity index (χ0) is 13.0. The predicted octanol–water partition coefficient (Wildman–Crippen LogP) is 6.07. The summed E-state index contributed by atoms with van der Waals surface area (Å²) in [4.78, 5) is 0.289. The van der Waals surface area contributed by atoms with Crippen molar-refractivity contribution < 1.29 is 0 Å². The molecule has 1 atom stereocenters.